The van der Waals surface area contributed by atoms with Gasteiger partial charge >= 0.3 is 0 Å². The minimum absolute atomic E-state index is 0.00318. The zero-order valence-corrected chi connectivity index (χ0v) is 19.9. The molecule has 2 amide bonds. The third-order valence-electron chi connectivity index (χ3n) is 4.66. The van der Waals surface area contributed by atoms with Crippen molar-refractivity contribution in [1.29, 1.82) is 0 Å². The lowest BCUT2D eigenvalue weighted by molar-refractivity contribution is -0.385. The Kier molecular flexibility index (Phi) is 7.79. The number of methoxy groups -OCH3 is 1. The number of hydrogen-bond acceptors (Lipinski definition) is 8. The normalized spacial score (nSPS) is 10.6. The molecule has 0 saturated heterocycles. The van der Waals surface area contributed by atoms with Crippen molar-refractivity contribution in [3.8, 4) is 22.8 Å². The molecule has 0 aliphatic carbocycles. The lowest BCUT2D eigenvalue weighted by Crippen LogP contribution is -2.34. The van der Waals surface area contributed by atoms with Gasteiger partial charge in [0.15, 0.2) is 23.2 Å². The van der Waals surface area contributed by atoms with Crippen molar-refractivity contribution >= 4 is 34.0 Å². The molecule has 0 unspecified atom stereocenters. The van der Waals surface area contributed by atoms with Gasteiger partial charge in [0.1, 0.15) is 0 Å². The third-order valence-corrected chi connectivity index (χ3v) is 5.42. The Hall–Kier alpha value is -3.99. The molecule has 0 aliphatic heterocycles. The van der Waals surface area contributed by atoms with Gasteiger partial charge in [-0.3, -0.25) is 25.0 Å². The number of nitro groups is 1. The first kappa shape index (κ1) is 24.6. The van der Waals surface area contributed by atoms with E-state index in [4.69, 9.17) is 9.47 Å². The van der Waals surface area contributed by atoms with E-state index in [2.05, 4.69) is 15.6 Å². The molecule has 0 bridgehead atoms. The first-order chi connectivity index (χ1) is 16.2. The van der Waals surface area contributed by atoms with Gasteiger partial charge in [0, 0.05) is 34.2 Å². The first-order valence-electron chi connectivity index (χ1n) is 10.3. The van der Waals surface area contributed by atoms with Crippen LogP contribution in [0.2, 0.25) is 0 Å². The number of rotatable bonds is 9. The van der Waals surface area contributed by atoms with E-state index >= 15 is 0 Å². The second kappa shape index (κ2) is 10.8. The van der Waals surface area contributed by atoms with Crippen molar-refractivity contribution in [2.24, 2.45) is 0 Å². The summed E-state index contributed by atoms with van der Waals surface area (Å²) in [4.78, 5) is 39.6. The predicted molar refractivity (Wildman–Crippen MR) is 129 cm³/mol. The SMILES string of the molecule is COc1cc(C(=O)Nc2nc(-c3ccc(C)c([N+](=O)[O-])c3)cs2)ccc1OCC(=O)NC(C)C. The monoisotopic (exact) mass is 484 g/mol. The first-order valence-corrected chi connectivity index (χ1v) is 11.2. The van der Waals surface area contributed by atoms with Crippen LogP contribution in [-0.4, -0.2) is 41.5 Å². The molecule has 0 radical (unpaired) electrons. The minimum atomic E-state index is -0.439. The smallest absolute Gasteiger partial charge is 0.272 e. The lowest BCUT2D eigenvalue weighted by atomic mass is 10.1. The van der Waals surface area contributed by atoms with E-state index in [0.29, 0.717) is 39.0 Å². The van der Waals surface area contributed by atoms with Crippen LogP contribution < -0.4 is 20.1 Å². The zero-order valence-electron chi connectivity index (χ0n) is 19.1. The van der Waals surface area contributed by atoms with Gasteiger partial charge in [-0.2, -0.15) is 0 Å². The molecule has 10 nitrogen and oxygen atoms in total. The van der Waals surface area contributed by atoms with E-state index in [-0.39, 0.29) is 24.2 Å². The fourth-order valence-electron chi connectivity index (χ4n) is 3.03. The Labute approximate surface area is 200 Å². The number of hydrogen-bond donors (Lipinski definition) is 2. The van der Waals surface area contributed by atoms with Crippen molar-refractivity contribution in [2.45, 2.75) is 26.8 Å². The molecule has 0 atom stereocenters. The number of aromatic nitrogens is 1. The van der Waals surface area contributed by atoms with Gasteiger partial charge in [0.2, 0.25) is 0 Å². The van der Waals surface area contributed by atoms with Gasteiger partial charge in [-0.25, -0.2) is 4.98 Å². The van der Waals surface area contributed by atoms with Crippen molar-refractivity contribution in [1.82, 2.24) is 10.3 Å². The van der Waals surface area contributed by atoms with Crippen molar-refractivity contribution in [3.63, 3.8) is 0 Å². The Morgan fingerprint density at radius 2 is 1.94 bits per heavy atom. The summed E-state index contributed by atoms with van der Waals surface area (Å²) in [6.07, 6.45) is 0. The van der Waals surface area contributed by atoms with E-state index in [1.54, 1.807) is 36.6 Å². The van der Waals surface area contributed by atoms with Crippen LogP contribution >= 0.6 is 11.3 Å². The number of carbonyl (C=O) groups excluding carboxylic acids is 2. The summed E-state index contributed by atoms with van der Waals surface area (Å²) in [5, 5.41) is 18.7. The van der Waals surface area contributed by atoms with Crippen LogP contribution in [0.3, 0.4) is 0 Å². The maximum atomic E-state index is 12.7. The summed E-state index contributed by atoms with van der Waals surface area (Å²) < 4.78 is 10.8. The Balaban J connectivity index is 1.70. The van der Waals surface area contributed by atoms with Gasteiger partial charge in [-0.1, -0.05) is 12.1 Å². The Bertz CT molecular complexity index is 1220. The predicted octanol–water partition coefficient (Wildman–Crippen LogP) is 4.19. The summed E-state index contributed by atoms with van der Waals surface area (Å²) in [6, 6.07) is 9.46. The second-order valence-corrected chi connectivity index (χ2v) is 8.49. The Morgan fingerprint density at radius 3 is 2.62 bits per heavy atom. The summed E-state index contributed by atoms with van der Waals surface area (Å²) >= 11 is 1.20. The average Bonchev–Trinajstić information content (AvgIpc) is 3.25. The Morgan fingerprint density at radius 1 is 1.18 bits per heavy atom. The number of nitro benzene ring substituents is 1. The number of amides is 2. The summed E-state index contributed by atoms with van der Waals surface area (Å²) in [5.41, 5.74) is 1.97. The molecular weight excluding hydrogens is 460 g/mol. The van der Waals surface area contributed by atoms with Crippen LogP contribution in [0.5, 0.6) is 11.5 Å². The molecule has 0 saturated carbocycles. The molecular formula is C23H24N4O6S. The molecule has 1 aromatic heterocycles. The van der Waals surface area contributed by atoms with E-state index < -0.39 is 10.8 Å². The van der Waals surface area contributed by atoms with Crippen LogP contribution in [0.15, 0.2) is 41.8 Å². The minimum Gasteiger partial charge on any atom is -0.493 e. The maximum Gasteiger partial charge on any atom is 0.272 e. The van der Waals surface area contributed by atoms with Crippen LogP contribution in [-0.2, 0) is 4.79 Å². The number of ether oxygens (including phenoxy) is 2. The number of carbonyl (C=O) groups is 2. The molecule has 2 aromatic carbocycles. The second-order valence-electron chi connectivity index (χ2n) is 7.63. The number of benzene rings is 2. The molecule has 34 heavy (non-hydrogen) atoms. The lowest BCUT2D eigenvalue weighted by Gasteiger charge is -2.13. The number of thiazole rings is 1. The van der Waals surface area contributed by atoms with Crippen molar-refractivity contribution < 1.29 is 24.0 Å². The maximum absolute atomic E-state index is 12.7. The summed E-state index contributed by atoms with van der Waals surface area (Å²) in [6.45, 7) is 5.18. The number of nitrogens with one attached hydrogen (secondary N) is 2. The highest BCUT2D eigenvalue weighted by atomic mass is 32.1. The molecule has 2 N–H and O–H groups in total. The average molecular weight is 485 g/mol. The highest BCUT2D eigenvalue weighted by Crippen LogP contribution is 2.31. The molecule has 0 fully saturated rings. The van der Waals surface area contributed by atoms with Gasteiger partial charge in [0.05, 0.1) is 17.7 Å². The van der Waals surface area contributed by atoms with E-state index in [9.17, 15) is 19.7 Å². The largest absolute Gasteiger partial charge is 0.493 e. The quantitative estimate of drug-likeness (QED) is 0.344. The number of nitrogens with zero attached hydrogens (tertiary/aromatic N) is 2. The van der Waals surface area contributed by atoms with Crippen LogP contribution in [0.1, 0.15) is 29.8 Å². The van der Waals surface area contributed by atoms with E-state index in [1.807, 2.05) is 13.8 Å². The molecule has 178 valence electrons. The van der Waals surface area contributed by atoms with Gasteiger partial charge in [-0.05, 0) is 39.0 Å². The van der Waals surface area contributed by atoms with Gasteiger partial charge in [-0.15, -0.1) is 11.3 Å². The number of anilines is 1. The molecule has 3 rings (SSSR count). The topological polar surface area (TPSA) is 133 Å². The number of aryl methyl sites for hydroxylation is 1. The highest BCUT2D eigenvalue weighted by Gasteiger charge is 2.16. The van der Waals surface area contributed by atoms with E-state index in [1.165, 1.54) is 30.6 Å². The van der Waals surface area contributed by atoms with Crippen LogP contribution in [0.25, 0.3) is 11.3 Å². The van der Waals surface area contributed by atoms with Gasteiger partial charge in [0.25, 0.3) is 17.5 Å². The third kappa shape index (κ3) is 6.07. The zero-order chi connectivity index (χ0) is 24.8. The fraction of sp³-hybridized carbons (Fsp3) is 0.261. The molecule has 3 aromatic rings. The highest BCUT2D eigenvalue weighted by molar-refractivity contribution is 7.14. The van der Waals surface area contributed by atoms with Crippen molar-refractivity contribution in [2.75, 3.05) is 19.0 Å². The molecule has 1 heterocycles. The van der Waals surface area contributed by atoms with Crippen molar-refractivity contribution in [3.05, 3.63) is 63.0 Å². The summed E-state index contributed by atoms with van der Waals surface area (Å²) in [7, 11) is 1.44. The van der Waals surface area contributed by atoms with Crippen LogP contribution in [0, 0.1) is 17.0 Å². The molecule has 0 aliphatic rings. The van der Waals surface area contributed by atoms with E-state index in [0.717, 1.165) is 0 Å². The van der Waals surface area contributed by atoms with Gasteiger partial charge < -0.3 is 14.8 Å². The standard InChI is InChI=1S/C23H24N4O6S/c1-13(2)24-21(28)11-33-19-8-7-16(10-20(19)32-4)22(29)26-23-25-17(12-34-23)15-6-5-14(3)18(9-15)27(30)31/h5-10,12-13H,11H2,1-4H3,(H,24,28)(H,25,26,29). The fourth-order valence-corrected chi connectivity index (χ4v) is 3.75. The van der Waals surface area contributed by atoms with Crippen LogP contribution in [0.4, 0.5) is 10.8 Å². The molecule has 0 spiro atoms. The molecule has 11 heteroatoms. The summed E-state index contributed by atoms with van der Waals surface area (Å²) in [5.74, 6) is -0.0530.